The number of carbonyl (C=O) groups excluding carboxylic acids is 2. The third-order valence-electron chi connectivity index (χ3n) is 4.86. The van der Waals surface area contributed by atoms with E-state index < -0.39 is 0 Å². The Bertz CT molecular complexity index is 1320. The van der Waals surface area contributed by atoms with Gasteiger partial charge in [-0.1, -0.05) is 24.3 Å². The van der Waals surface area contributed by atoms with Crippen LogP contribution >= 0.6 is 0 Å². The van der Waals surface area contributed by atoms with E-state index in [4.69, 9.17) is 4.74 Å². The monoisotopic (exact) mass is 444 g/mol. The van der Waals surface area contributed by atoms with Crippen LogP contribution in [-0.2, 0) is 11.8 Å². The van der Waals surface area contributed by atoms with Crippen LogP contribution < -0.4 is 20.7 Å². The minimum absolute atomic E-state index is 0.217. The van der Waals surface area contributed by atoms with Gasteiger partial charge < -0.3 is 20.7 Å². The van der Waals surface area contributed by atoms with Crippen molar-refractivity contribution in [3.8, 4) is 5.88 Å². The van der Waals surface area contributed by atoms with E-state index in [9.17, 15) is 9.59 Å². The van der Waals surface area contributed by atoms with Gasteiger partial charge in [-0.25, -0.2) is 14.5 Å². The highest BCUT2D eigenvalue weighted by molar-refractivity contribution is 6.00. The minimum atomic E-state index is -0.380. The molecule has 33 heavy (non-hydrogen) atoms. The van der Waals surface area contributed by atoms with Crippen LogP contribution in [0.15, 0.2) is 60.7 Å². The molecule has 0 saturated heterocycles. The van der Waals surface area contributed by atoms with Crippen LogP contribution in [0.5, 0.6) is 5.88 Å². The fourth-order valence-corrected chi connectivity index (χ4v) is 3.47. The molecular weight excluding hydrogens is 420 g/mol. The van der Waals surface area contributed by atoms with Gasteiger partial charge in [-0.2, -0.15) is 0 Å². The molecule has 0 radical (unpaired) electrons. The maximum atomic E-state index is 12.5. The Hall–Kier alpha value is -4.40. The Morgan fingerprint density at radius 1 is 0.909 bits per heavy atom. The summed E-state index contributed by atoms with van der Waals surface area (Å²) in [5, 5.41) is 13.4. The van der Waals surface area contributed by atoms with Gasteiger partial charge in [0.25, 0.3) is 5.91 Å². The first-order valence-electron chi connectivity index (χ1n) is 10.4. The zero-order valence-corrected chi connectivity index (χ0v) is 18.5. The summed E-state index contributed by atoms with van der Waals surface area (Å²) >= 11 is 0. The molecule has 3 amide bonds. The molecule has 0 saturated carbocycles. The van der Waals surface area contributed by atoms with Gasteiger partial charge in [-0.15, -0.1) is 5.10 Å². The summed E-state index contributed by atoms with van der Waals surface area (Å²) in [5.41, 5.74) is 4.32. The highest BCUT2D eigenvalue weighted by atomic mass is 16.5. The van der Waals surface area contributed by atoms with Crippen molar-refractivity contribution in [3.63, 3.8) is 0 Å². The van der Waals surface area contributed by atoms with E-state index in [1.807, 2.05) is 38.1 Å². The first kappa shape index (κ1) is 21.8. The lowest BCUT2D eigenvalue weighted by Crippen LogP contribution is -2.21. The molecule has 0 unspecified atom stereocenters. The van der Waals surface area contributed by atoms with Crippen molar-refractivity contribution in [1.29, 1.82) is 0 Å². The molecular formula is C24H24N6O3. The van der Waals surface area contributed by atoms with Crippen molar-refractivity contribution in [1.82, 2.24) is 14.8 Å². The Morgan fingerprint density at radius 3 is 2.33 bits per heavy atom. The van der Waals surface area contributed by atoms with Gasteiger partial charge in [0.15, 0.2) is 12.3 Å². The number of pyridine rings is 1. The first-order chi connectivity index (χ1) is 15.9. The van der Waals surface area contributed by atoms with Crippen LogP contribution in [0.4, 0.5) is 21.9 Å². The number of ether oxygens (including phenoxy) is 1. The highest BCUT2D eigenvalue weighted by Crippen LogP contribution is 2.27. The smallest absolute Gasteiger partial charge is 0.323 e. The van der Waals surface area contributed by atoms with Gasteiger partial charge in [-0.05, 0) is 55.8 Å². The number of nitrogens with one attached hydrogen (secondary N) is 3. The number of carbonyl (C=O) groups is 2. The molecule has 0 bridgehead atoms. The van der Waals surface area contributed by atoms with Crippen LogP contribution in [0.2, 0.25) is 0 Å². The van der Waals surface area contributed by atoms with Crippen LogP contribution in [0, 0.1) is 13.8 Å². The van der Waals surface area contributed by atoms with Crippen LogP contribution in [0.3, 0.4) is 0 Å². The average molecular weight is 444 g/mol. The molecule has 0 spiro atoms. The number of nitrogens with zero attached hydrogens (tertiary/aromatic N) is 3. The number of aromatic nitrogens is 3. The second kappa shape index (κ2) is 9.39. The summed E-state index contributed by atoms with van der Waals surface area (Å²) in [5.74, 6) is 0.0121. The number of benzene rings is 2. The average Bonchev–Trinajstić information content (AvgIpc) is 3.09. The Morgan fingerprint density at radius 2 is 1.58 bits per heavy atom. The second-order valence-corrected chi connectivity index (χ2v) is 7.57. The van der Waals surface area contributed by atoms with E-state index in [2.05, 4.69) is 26.0 Å². The number of anilines is 3. The van der Waals surface area contributed by atoms with Gasteiger partial charge in [0.1, 0.15) is 0 Å². The molecule has 2 aromatic carbocycles. The van der Waals surface area contributed by atoms with Crippen LogP contribution in [0.1, 0.15) is 11.3 Å². The number of hydrogen-bond acceptors (Lipinski definition) is 5. The molecule has 4 aromatic rings. The first-order valence-corrected chi connectivity index (χ1v) is 10.4. The van der Waals surface area contributed by atoms with Crippen molar-refractivity contribution >= 4 is 40.0 Å². The van der Waals surface area contributed by atoms with E-state index >= 15 is 0 Å². The van der Waals surface area contributed by atoms with E-state index in [1.54, 1.807) is 48.1 Å². The second-order valence-electron chi connectivity index (χ2n) is 7.57. The van der Waals surface area contributed by atoms with Crippen molar-refractivity contribution in [3.05, 3.63) is 71.9 Å². The summed E-state index contributed by atoms with van der Waals surface area (Å²) in [4.78, 5) is 29.1. The summed E-state index contributed by atoms with van der Waals surface area (Å²) in [6.45, 7) is 3.66. The number of fused-ring (bicyclic) bond motifs is 1. The summed E-state index contributed by atoms with van der Waals surface area (Å²) < 4.78 is 7.33. The number of amides is 3. The zero-order valence-electron chi connectivity index (χ0n) is 18.5. The number of urea groups is 1. The minimum Gasteiger partial charge on any atom is -0.466 e. The number of hydrogen-bond donors (Lipinski definition) is 3. The van der Waals surface area contributed by atoms with Crippen LogP contribution in [-0.4, -0.2) is 33.3 Å². The van der Waals surface area contributed by atoms with Crippen molar-refractivity contribution in [2.75, 3.05) is 22.6 Å². The lowest BCUT2D eigenvalue weighted by atomic mass is 10.2. The lowest BCUT2D eigenvalue weighted by molar-refractivity contribution is -0.118. The molecule has 0 atom stereocenters. The molecule has 0 aliphatic rings. The van der Waals surface area contributed by atoms with Crippen molar-refractivity contribution < 1.29 is 14.3 Å². The SMILES string of the molecule is Cc1cc(C)c2c(OCC(=O)Nc3cccc(NC(=O)Nc4ccccc4)c3)nn(C)c2n1. The van der Waals surface area contributed by atoms with Gasteiger partial charge in [0.2, 0.25) is 5.88 Å². The lowest BCUT2D eigenvalue weighted by Gasteiger charge is -2.10. The highest BCUT2D eigenvalue weighted by Gasteiger charge is 2.16. The van der Waals surface area contributed by atoms with Crippen molar-refractivity contribution in [2.24, 2.45) is 7.05 Å². The topological polar surface area (TPSA) is 110 Å². The quantitative estimate of drug-likeness (QED) is 0.412. The molecule has 2 heterocycles. The van der Waals surface area contributed by atoms with Crippen molar-refractivity contribution in [2.45, 2.75) is 13.8 Å². The molecule has 0 aliphatic heterocycles. The van der Waals surface area contributed by atoms with Gasteiger partial charge in [0.05, 0.1) is 5.39 Å². The molecule has 9 heteroatoms. The molecule has 168 valence electrons. The van der Waals surface area contributed by atoms with Crippen LogP contribution in [0.25, 0.3) is 11.0 Å². The standard InChI is InChI=1S/C24H24N6O3/c1-15-12-16(2)25-22-21(15)23(29-30(22)3)33-14-20(31)26-18-10-7-11-19(13-18)28-24(32)27-17-8-5-4-6-9-17/h4-13H,14H2,1-3H3,(H,26,31)(H2,27,28,32). The predicted molar refractivity (Wildman–Crippen MR) is 128 cm³/mol. The van der Waals surface area contributed by atoms with E-state index in [0.29, 0.717) is 28.6 Å². The molecule has 2 aromatic heterocycles. The number of para-hydroxylation sites is 1. The maximum absolute atomic E-state index is 12.5. The third kappa shape index (κ3) is 5.27. The van der Waals surface area contributed by atoms with Gasteiger partial charge in [0, 0.05) is 29.8 Å². The molecule has 3 N–H and O–H groups in total. The predicted octanol–water partition coefficient (Wildman–Crippen LogP) is 4.25. The fourth-order valence-electron chi connectivity index (χ4n) is 3.47. The fraction of sp³-hybridized carbons (Fsp3) is 0.167. The van der Waals surface area contributed by atoms with Gasteiger partial charge in [-0.3, -0.25) is 4.79 Å². The Balaban J connectivity index is 1.36. The normalized spacial score (nSPS) is 10.6. The maximum Gasteiger partial charge on any atom is 0.323 e. The molecule has 0 aliphatic carbocycles. The third-order valence-corrected chi connectivity index (χ3v) is 4.86. The summed E-state index contributed by atoms with van der Waals surface area (Å²) in [6.07, 6.45) is 0. The van der Waals surface area contributed by atoms with Gasteiger partial charge >= 0.3 is 6.03 Å². The molecule has 0 fully saturated rings. The molecule has 4 rings (SSSR count). The van der Waals surface area contributed by atoms with E-state index in [1.165, 1.54) is 0 Å². The molecule has 9 nitrogen and oxygen atoms in total. The summed E-state index contributed by atoms with van der Waals surface area (Å²) in [6, 6.07) is 17.5. The summed E-state index contributed by atoms with van der Waals surface area (Å²) in [7, 11) is 1.79. The van der Waals surface area contributed by atoms with E-state index in [0.717, 1.165) is 16.6 Å². The zero-order chi connectivity index (χ0) is 23.4. The van der Waals surface area contributed by atoms with E-state index in [-0.39, 0.29) is 18.5 Å². The Labute approximate surface area is 190 Å². The largest absolute Gasteiger partial charge is 0.466 e. The number of aryl methyl sites for hydroxylation is 3. The Kier molecular flexibility index (Phi) is 6.21. The number of rotatable bonds is 6.